The maximum absolute atomic E-state index is 15.1. The fourth-order valence-electron chi connectivity index (χ4n) is 2.78. The minimum atomic E-state index is -2.87. The van der Waals surface area contributed by atoms with Crippen LogP contribution in [0, 0.1) is 0 Å². The van der Waals surface area contributed by atoms with Crippen molar-refractivity contribution in [1.29, 1.82) is 0 Å². The van der Waals surface area contributed by atoms with E-state index in [9.17, 15) is 0 Å². The number of ether oxygens (including phenoxy) is 4. The molecule has 0 spiro atoms. The number of hydrogen-bond acceptors (Lipinski definition) is 8. The zero-order chi connectivity index (χ0) is 22.6. The molecule has 0 aromatic carbocycles. The van der Waals surface area contributed by atoms with E-state index in [0.717, 1.165) is 0 Å². The molecule has 1 fully saturated rings. The van der Waals surface area contributed by atoms with Gasteiger partial charge in [0, 0.05) is 28.2 Å². The smallest absolute Gasteiger partial charge is 0.345 e. The molecule has 0 aliphatic carbocycles. The molecule has 0 amide bonds. The van der Waals surface area contributed by atoms with Crippen molar-refractivity contribution in [3.05, 3.63) is 0 Å². The lowest BCUT2D eigenvalue weighted by molar-refractivity contribution is -0.001000. The van der Waals surface area contributed by atoms with E-state index in [4.69, 9.17) is 18.9 Å². The first kappa shape index (κ1) is 36.0. The van der Waals surface area contributed by atoms with Crippen LogP contribution < -0.4 is 48.0 Å². The summed E-state index contributed by atoms with van der Waals surface area (Å²) in [7, 11) is 1.28. The summed E-state index contributed by atoms with van der Waals surface area (Å²) in [5.74, 6) is 0. The Bertz CT molecular complexity index is 417. The largest absolute Gasteiger partial charge is 1.00 e. The average Bonchev–Trinajstić information content (AvgIpc) is 2.67. The van der Waals surface area contributed by atoms with Crippen LogP contribution >= 0.6 is 15.7 Å². The molecule has 0 aromatic heterocycles. The lowest BCUT2D eigenvalue weighted by Crippen LogP contribution is -3.00. The predicted molar refractivity (Wildman–Crippen MR) is 122 cm³/mol. The molecule has 1 saturated heterocycles. The second-order valence-electron chi connectivity index (χ2n) is 7.67. The van der Waals surface area contributed by atoms with Gasteiger partial charge in [0.2, 0.25) is 0 Å². The third kappa shape index (κ3) is 13.2. The van der Waals surface area contributed by atoms with E-state index < -0.39 is 15.7 Å². The molecule has 0 saturated carbocycles. The van der Waals surface area contributed by atoms with Gasteiger partial charge in [0.05, 0.1) is 79.0 Å². The quantitative estimate of drug-likeness (QED) is 0.219. The summed E-state index contributed by atoms with van der Waals surface area (Å²) in [4.78, 5) is 0. The molecule has 196 valence electrons. The first-order valence-electron chi connectivity index (χ1n) is 10.4. The fraction of sp³-hybridized carbons (Fsp3) is 1.00. The van der Waals surface area contributed by atoms with E-state index in [1.807, 2.05) is 9.34 Å². The molecule has 0 N–H and O–H groups in total. The van der Waals surface area contributed by atoms with Crippen LogP contribution in [0.1, 0.15) is 0 Å². The molecule has 1 aliphatic rings. The zero-order valence-electron chi connectivity index (χ0n) is 20.3. The minimum absolute atomic E-state index is 0. The highest BCUT2D eigenvalue weighted by molar-refractivity contribution is 7.65. The molecular formula is C18H42F2I2N4O4P2. The van der Waals surface area contributed by atoms with E-state index in [0.29, 0.717) is 79.0 Å². The Morgan fingerprint density at radius 1 is 0.531 bits per heavy atom. The van der Waals surface area contributed by atoms with Crippen molar-refractivity contribution in [2.24, 2.45) is 0 Å². The van der Waals surface area contributed by atoms with Crippen LogP contribution in [0.4, 0.5) is 8.39 Å². The van der Waals surface area contributed by atoms with Gasteiger partial charge in [-0.15, -0.1) is 18.7 Å². The second-order valence-corrected chi connectivity index (χ2v) is 13.6. The Balaban J connectivity index is 0. The van der Waals surface area contributed by atoms with Crippen LogP contribution in [0.15, 0.2) is 0 Å². The standard InChI is InChI=1S/C18H42F2N4O4P2.2HI/c1-21(2)29(5,19)23-7-11-25-15-17-27-13-9-24(30(6,20)22(3)4)10-14-28-18-16-26-12-8-23;;/h7-18H2,1-6H3;2*1H/q+2;;/p-2. The van der Waals surface area contributed by atoms with E-state index in [-0.39, 0.29) is 48.0 Å². The third-order valence-corrected chi connectivity index (χ3v) is 11.0. The van der Waals surface area contributed by atoms with Gasteiger partial charge < -0.3 is 66.9 Å². The highest BCUT2D eigenvalue weighted by Crippen LogP contribution is 2.62. The van der Waals surface area contributed by atoms with Gasteiger partial charge in [-0.1, -0.05) is 0 Å². The summed E-state index contributed by atoms with van der Waals surface area (Å²) in [6, 6.07) is 0. The van der Waals surface area contributed by atoms with Gasteiger partial charge in [-0.05, 0) is 8.39 Å². The average molecular weight is 732 g/mol. The molecular weight excluding hydrogens is 690 g/mol. The maximum atomic E-state index is 15.1. The van der Waals surface area contributed by atoms with E-state index in [1.165, 1.54) is 0 Å². The molecule has 0 radical (unpaired) electrons. The Labute approximate surface area is 229 Å². The number of halogens is 4. The monoisotopic (exact) mass is 732 g/mol. The molecule has 2 unspecified atom stereocenters. The van der Waals surface area contributed by atoms with Gasteiger partial charge >= 0.3 is 15.7 Å². The molecule has 1 aliphatic heterocycles. The van der Waals surface area contributed by atoms with Crippen LogP contribution in [0.2, 0.25) is 0 Å². The van der Waals surface area contributed by atoms with Crippen LogP contribution in [0.3, 0.4) is 0 Å². The molecule has 8 nitrogen and oxygen atoms in total. The van der Waals surface area contributed by atoms with Gasteiger partial charge in [-0.3, -0.25) is 0 Å². The Morgan fingerprint density at radius 3 is 0.938 bits per heavy atom. The lowest BCUT2D eigenvalue weighted by atomic mass is 10.6. The molecule has 0 aromatic rings. The highest BCUT2D eigenvalue weighted by Gasteiger charge is 2.45. The molecule has 2 atom stereocenters. The maximum Gasteiger partial charge on any atom is 0.345 e. The van der Waals surface area contributed by atoms with Gasteiger partial charge in [0.25, 0.3) is 0 Å². The van der Waals surface area contributed by atoms with Crippen molar-refractivity contribution in [2.75, 3.05) is 121 Å². The summed E-state index contributed by atoms with van der Waals surface area (Å²) in [6.45, 7) is 8.60. The normalized spacial score (nSPS) is 23.8. The van der Waals surface area contributed by atoms with Crippen LogP contribution in [0.5, 0.6) is 0 Å². The topological polar surface area (TPSA) is 49.9 Å². The Hall–Kier alpha value is 1.86. The summed E-state index contributed by atoms with van der Waals surface area (Å²) in [5.41, 5.74) is 0. The van der Waals surface area contributed by atoms with E-state index in [2.05, 4.69) is 0 Å². The minimum Gasteiger partial charge on any atom is -1.00 e. The van der Waals surface area contributed by atoms with Crippen molar-refractivity contribution in [1.82, 2.24) is 18.7 Å². The molecule has 1 rings (SSSR count). The lowest BCUT2D eigenvalue weighted by Gasteiger charge is -2.29. The second kappa shape index (κ2) is 19.0. The number of nitrogens with zero attached hydrogens (tertiary/aromatic N) is 4. The summed E-state index contributed by atoms with van der Waals surface area (Å²) >= 11 is 0. The predicted octanol–water partition coefficient (Wildman–Crippen LogP) is -3.47. The highest BCUT2D eigenvalue weighted by atomic mass is 127. The van der Waals surface area contributed by atoms with Crippen molar-refractivity contribution in [2.45, 2.75) is 0 Å². The summed E-state index contributed by atoms with van der Waals surface area (Å²) in [5, 5.41) is 0. The molecule has 0 bridgehead atoms. The first-order chi connectivity index (χ1) is 14.1. The van der Waals surface area contributed by atoms with E-state index in [1.54, 1.807) is 50.9 Å². The van der Waals surface area contributed by atoms with Gasteiger partial charge in [0.15, 0.2) is 0 Å². The first-order valence-corrected chi connectivity index (χ1v) is 14.5. The number of rotatable bonds is 4. The molecule has 32 heavy (non-hydrogen) atoms. The van der Waals surface area contributed by atoms with Crippen LogP contribution in [0.25, 0.3) is 0 Å². The van der Waals surface area contributed by atoms with Gasteiger partial charge in [-0.2, -0.15) is 0 Å². The molecule has 1 heterocycles. The fourth-order valence-corrected chi connectivity index (χ4v) is 5.58. The SMILES string of the molecule is CN(C)[P+](C)(F)N1CCOCCOCCN([P+](C)(F)N(C)C)CCOCCOCC1.[I-].[I-]. The van der Waals surface area contributed by atoms with Crippen molar-refractivity contribution in [3.8, 4) is 0 Å². The summed E-state index contributed by atoms with van der Waals surface area (Å²) < 4.78 is 59.7. The van der Waals surface area contributed by atoms with Gasteiger partial charge in [-0.25, -0.2) is 0 Å². The molecule has 14 heteroatoms. The van der Waals surface area contributed by atoms with Crippen molar-refractivity contribution >= 4 is 15.7 Å². The van der Waals surface area contributed by atoms with Crippen LogP contribution in [-0.4, -0.2) is 139 Å². The zero-order valence-corrected chi connectivity index (χ0v) is 26.4. The van der Waals surface area contributed by atoms with Crippen LogP contribution in [-0.2, 0) is 18.9 Å². The Morgan fingerprint density at radius 2 is 0.750 bits per heavy atom. The Kier molecular flexibility index (Phi) is 21.4. The van der Waals surface area contributed by atoms with Crippen molar-refractivity contribution < 1.29 is 75.3 Å². The third-order valence-electron chi connectivity index (χ3n) is 5.21. The number of hydrogen-bond donors (Lipinski definition) is 0. The van der Waals surface area contributed by atoms with Crippen molar-refractivity contribution in [3.63, 3.8) is 0 Å². The summed E-state index contributed by atoms with van der Waals surface area (Å²) in [6.07, 6.45) is 0. The van der Waals surface area contributed by atoms with E-state index >= 15 is 8.39 Å². The van der Waals surface area contributed by atoms with Gasteiger partial charge in [0.1, 0.15) is 13.3 Å².